The number of carbonyl (C=O) groups excluding carboxylic acids is 2. The number of rotatable bonds is 3. The molecular formula is C14H12N4O3. The van der Waals surface area contributed by atoms with E-state index in [1.165, 1.54) is 13.0 Å². The summed E-state index contributed by atoms with van der Waals surface area (Å²) >= 11 is 0. The van der Waals surface area contributed by atoms with E-state index in [-0.39, 0.29) is 0 Å². The maximum absolute atomic E-state index is 12.0. The van der Waals surface area contributed by atoms with Crippen LogP contribution < -0.4 is 10.7 Å². The van der Waals surface area contributed by atoms with Crippen molar-refractivity contribution in [3.63, 3.8) is 0 Å². The zero-order valence-electron chi connectivity index (χ0n) is 11.2. The Morgan fingerprint density at radius 2 is 1.86 bits per heavy atom. The van der Waals surface area contributed by atoms with E-state index < -0.39 is 17.5 Å². The lowest BCUT2D eigenvalue weighted by molar-refractivity contribution is -0.122. The molecule has 0 fully saturated rings. The van der Waals surface area contributed by atoms with Gasteiger partial charge in [-0.3, -0.25) is 9.59 Å². The minimum Gasteiger partial charge on any atom is -0.267 e. The highest BCUT2D eigenvalue weighted by Crippen LogP contribution is 2.12. The van der Waals surface area contributed by atoms with Crippen LogP contribution in [0, 0.1) is 0 Å². The van der Waals surface area contributed by atoms with E-state index in [2.05, 4.69) is 10.2 Å². The number of imide groups is 1. The molecule has 0 atom stereocenters. The second-order valence-electron chi connectivity index (χ2n) is 4.70. The number of benzene rings is 1. The molecule has 0 bridgehead atoms. The first-order chi connectivity index (χ1) is 10.1. The van der Waals surface area contributed by atoms with Crippen molar-refractivity contribution >= 4 is 11.8 Å². The summed E-state index contributed by atoms with van der Waals surface area (Å²) in [6.45, 7) is 1.53. The van der Waals surface area contributed by atoms with Crippen LogP contribution in [0.2, 0.25) is 0 Å². The molecule has 21 heavy (non-hydrogen) atoms. The SMILES string of the molecule is CC1=CC(=O)N(n2c(Cc3ccccc3)n[nH]c2=O)C1=O. The Morgan fingerprint density at radius 3 is 2.48 bits per heavy atom. The smallest absolute Gasteiger partial charge is 0.267 e. The largest absolute Gasteiger partial charge is 0.363 e. The van der Waals surface area contributed by atoms with Crippen LogP contribution in [0.25, 0.3) is 0 Å². The third kappa shape index (κ3) is 2.18. The molecule has 3 rings (SSSR count). The van der Waals surface area contributed by atoms with Crippen LogP contribution >= 0.6 is 0 Å². The monoisotopic (exact) mass is 284 g/mol. The molecule has 1 N–H and O–H groups in total. The fourth-order valence-corrected chi connectivity index (χ4v) is 2.19. The molecule has 106 valence electrons. The molecule has 0 spiro atoms. The fourth-order valence-electron chi connectivity index (χ4n) is 2.19. The number of H-pyrrole nitrogens is 1. The van der Waals surface area contributed by atoms with E-state index in [9.17, 15) is 14.4 Å². The molecule has 7 heteroatoms. The zero-order chi connectivity index (χ0) is 15.0. The Kier molecular flexibility index (Phi) is 3.02. The maximum atomic E-state index is 12.0. The Balaban J connectivity index is 2.01. The summed E-state index contributed by atoms with van der Waals surface area (Å²) in [6.07, 6.45) is 1.53. The molecule has 1 aliphatic rings. The van der Waals surface area contributed by atoms with E-state index in [1.807, 2.05) is 30.3 Å². The van der Waals surface area contributed by atoms with E-state index in [0.29, 0.717) is 17.8 Å². The number of nitrogens with zero attached hydrogens (tertiary/aromatic N) is 3. The van der Waals surface area contributed by atoms with Crippen molar-refractivity contribution < 1.29 is 9.59 Å². The molecule has 0 saturated heterocycles. The topological polar surface area (TPSA) is 88.1 Å². The molecule has 1 aromatic heterocycles. The number of hydrogen-bond donors (Lipinski definition) is 1. The van der Waals surface area contributed by atoms with E-state index in [4.69, 9.17) is 0 Å². The third-order valence-corrected chi connectivity index (χ3v) is 3.20. The predicted molar refractivity (Wildman–Crippen MR) is 74.1 cm³/mol. The molecule has 1 aromatic carbocycles. The van der Waals surface area contributed by atoms with E-state index in [0.717, 1.165) is 15.2 Å². The second-order valence-corrected chi connectivity index (χ2v) is 4.70. The van der Waals surface area contributed by atoms with Gasteiger partial charge in [0.15, 0.2) is 5.82 Å². The summed E-state index contributed by atoms with van der Waals surface area (Å²) < 4.78 is 0.991. The lowest BCUT2D eigenvalue weighted by atomic mass is 10.1. The minimum absolute atomic E-state index is 0.291. The van der Waals surface area contributed by atoms with Crippen molar-refractivity contribution in [2.45, 2.75) is 13.3 Å². The van der Waals surface area contributed by atoms with E-state index >= 15 is 0 Å². The van der Waals surface area contributed by atoms with Crippen LogP contribution in [0.3, 0.4) is 0 Å². The third-order valence-electron chi connectivity index (χ3n) is 3.20. The van der Waals surface area contributed by atoms with Crippen LogP contribution in [0.5, 0.6) is 0 Å². The molecule has 7 nitrogen and oxygen atoms in total. The lowest BCUT2D eigenvalue weighted by Crippen LogP contribution is -2.47. The average molecular weight is 284 g/mol. The highest BCUT2D eigenvalue weighted by atomic mass is 16.2. The maximum Gasteiger partial charge on any atom is 0.363 e. The molecular weight excluding hydrogens is 272 g/mol. The highest BCUT2D eigenvalue weighted by Gasteiger charge is 2.33. The lowest BCUT2D eigenvalue weighted by Gasteiger charge is -2.16. The average Bonchev–Trinajstić information content (AvgIpc) is 2.93. The number of nitrogens with one attached hydrogen (secondary N) is 1. The van der Waals surface area contributed by atoms with Crippen molar-refractivity contribution in [2.75, 3.05) is 5.01 Å². The van der Waals surface area contributed by atoms with Gasteiger partial charge in [0.05, 0.1) is 0 Å². The predicted octanol–water partition coefficient (Wildman–Crippen LogP) is 0.113. The van der Waals surface area contributed by atoms with Crippen molar-refractivity contribution in [2.24, 2.45) is 0 Å². The summed E-state index contributed by atoms with van der Waals surface area (Å²) in [6, 6.07) is 9.35. The van der Waals surface area contributed by atoms with Crippen molar-refractivity contribution in [1.82, 2.24) is 14.9 Å². The summed E-state index contributed by atoms with van der Waals surface area (Å²) in [7, 11) is 0. The number of carbonyl (C=O) groups is 2. The minimum atomic E-state index is -0.620. The molecule has 0 aliphatic carbocycles. The van der Waals surface area contributed by atoms with Gasteiger partial charge in [0.1, 0.15) is 0 Å². The summed E-state index contributed by atoms with van der Waals surface area (Å²) in [5.74, 6) is -0.760. The Labute approximate surface area is 119 Å². The van der Waals surface area contributed by atoms with Gasteiger partial charge in [0.2, 0.25) is 0 Å². The van der Waals surface area contributed by atoms with Gasteiger partial charge in [-0.05, 0) is 12.5 Å². The first-order valence-electron chi connectivity index (χ1n) is 6.35. The first kappa shape index (κ1) is 13.0. The number of aromatic nitrogens is 3. The summed E-state index contributed by atoms with van der Waals surface area (Å²) in [5, 5.41) is 6.99. The molecule has 2 heterocycles. The van der Waals surface area contributed by atoms with Gasteiger partial charge < -0.3 is 0 Å². The van der Waals surface area contributed by atoms with Gasteiger partial charge in [0.25, 0.3) is 11.8 Å². The van der Waals surface area contributed by atoms with Gasteiger partial charge in [-0.1, -0.05) is 30.3 Å². The molecule has 1 aliphatic heterocycles. The van der Waals surface area contributed by atoms with Gasteiger partial charge in [-0.25, -0.2) is 9.89 Å². The highest BCUT2D eigenvalue weighted by molar-refractivity contribution is 6.25. The Bertz CT molecular complexity index is 801. The normalized spacial score (nSPS) is 14.7. The number of amides is 2. The van der Waals surface area contributed by atoms with Crippen molar-refractivity contribution in [3.05, 3.63) is 63.9 Å². The molecule has 0 saturated carbocycles. The van der Waals surface area contributed by atoms with Gasteiger partial charge in [0, 0.05) is 18.1 Å². The standard InChI is InChI=1S/C14H12N4O3/c1-9-7-12(19)18(13(9)20)17-11(15-16-14(17)21)8-10-5-3-2-4-6-10/h2-7H,8H2,1H3,(H,16,21). The van der Waals surface area contributed by atoms with Gasteiger partial charge >= 0.3 is 5.69 Å². The van der Waals surface area contributed by atoms with Crippen molar-refractivity contribution in [3.8, 4) is 0 Å². The number of aromatic amines is 1. The van der Waals surface area contributed by atoms with Crippen LogP contribution in [-0.2, 0) is 16.0 Å². The zero-order valence-corrected chi connectivity index (χ0v) is 11.2. The van der Waals surface area contributed by atoms with Gasteiger partial charge in [-0.2, -0.15) is 14.8 Å². The van der Waals surface area contributed by atoms with Crippen LogP contribution in [-0.4, -0.2) is 26.7 Å². The molecule has 0 unspecified atom stereocenters. The molecule has 2 amide bonds. The van der Waals surface area contributed by atoms with Crippen LogP contribution in [0.4, 0.5) is 0 Å². The molecule has 2 aromatic rings. The molecule has 0 radical (unpaired) electrons. The van der Waals surface area contributed by atoms with Crippen molar-refractivity contribution in [1.29, 1.82) is 0 Å². The quantitative estimate of drug-likeness (QED) is 0.810. The van der Waals surface area contributed by atoms with Crippen LogP contribution in [0.1, 0.15) is 18.3 Å². The summed E-state index contributed by atoms with van der Waals surface area (Å²) in [4.78, 5) is 35.8. The number of hydrogen-bond acceptors (Lipinski definition) is 4. The van der Waals surface area contributed by atoms with E-state index in [1.54, 1.807) is 0 Å². The summed E-state index contributed by atoms with van der Waals surface area (Å²) in [5.41, 5.74) is 0.589. The fraction of sp³-hybridized carbons (Fsp3) is 0.143. The van der Waals surface area contributed by atoms with Gasteiger partial charge in [-0.15, -0.1) is 0 Å². The van der Waals surface area contributed by atoms with Crippen LogP contribution in [0.15, 0.2) is 46.8 Å². The second kappa shape index (κ2) is 4.86. The first-order valence-corrected chi connectivity index (χ1v) is 6.35. The Hall–Kier alpha value is -2.96. The Morgan fingerprint density at radius 1 is 1.14 bits per heavy atom.